The first-order valence-electron chi connectivity index (χ1n) is 4.83. The maximum Gasteiger partial charge on any atom is 0.303 e. The van der Waals surface area contributed by atoms with E-state index in [9.17, 15) is 14.7 Å². The second kappa shape index (κ2) is 4.44. The summed E-state index contributed by atoms with van der Waals surface area (Å²) in [5, 5.41) is 18.1. The summed E-state index contributed by atoms with van der Waals surface area (Å²) >= 11 is 0. The molecule has 15 heavy (non-hydrogen) atoms. The second-order valence-corrected chi connectivity index (χ2v) is 3.68. The Morgan fingerprint density at radius 1 is 1.47 bits per heavy atom. The fourth-order valence-electron chi connectivity index (χ4n) is 1.55. The van der Waals surface area contributed by atoms with Gasteiger partial charge in [0.1, 0.15) is 0 Å². The van der Waals surface area contributed by atoms with Crippen LogP contribution in [0.3, 0.4) is 0 Å². The molecule has 0 aliphatic carbocycles. The van der Waals surface area contributed by atoms with Crippen LogP contribution in [0.1, 0.15) is 26.7 Å². The predicted octanol–water partition coefficient (Wildman–Crippen LogP) is 0.348. The number of carboxylic acids is 1. The van der Waals surface area contributed by atoms with Crippen molar-refractivity contribution in [2.75, 3.05) is 6.54 Å². The third-order valence-corrected chi connectivity index (χ3v) is 2.65. The number of hydrogen-bond acceptors (Lipinski definition) is 3. The zero-order valence-corrected chi connectivity index (χ0v) is 8.86. The van der Waals surface area contributed by atoms with Crippen molar-refractivity contribution in [3.63, 3.8) is 0 Å². The molecule has 5 nitrogen and oxygen atoms in total. The summed E-state index contributed by atoms with van der Waals surface area (Å²) in [5.41, 5.74) is 1.20. The van der Waals surface area contributed by atoms with Gasteiger partial charge in [0.05, 0.1) is 0 Å². The SMILES string of the molecule is CC1=C(C)C(O)N(CCCC(=O)O)C1=O. The van der Waals surface area contributed by atoms with Crippen molar-refractivity contribution in [2.24, 2.45) is 0 Å². The largest absolute Gasteiger partial charge is 0.481 e. The fourth-order valence-corrected chi connectivity index (χ4v) is 1.55. The molecule has 1 amide bonds. The third-order valence-electron chi connectivity index (χ3n) is 2.65. The molecule has 0 radical (unpaired) electrons. The molecular formula is C10H15NO4. The van der Waals surface area contributed by atoms with E-state index < -0.39 is 12.2 Å². The lowest BCUT2D eigenvalue weighted by molar-refractivity contribution is -0.138. The van der Waals surface area contributed by atoms with Crippen LogP contribution in [0.2, 0.25) is 0 Å². The van der Waals surface area contributed by atoms with E-state index in [0.717, 1.165) is 0 Å². The van der Waals surface area contributed by atoms with Crippen molar-refractivity contribution < 1.29 is 19.8 Å². The zero-order chi connectivity index (χ0) is 11.6. The van der Waals surface area contributed by atoms with Crippen molar-refractivity contribution in [1.82, 2.24) is 4.90 Å². The maximum atomic E-state index is 11.6. The van der Waals surface area contributed by atoms with Crippen LogP contribution in [-0.4, -0.2) is 39.8 Å². The minimum Gasteiger partial charge on any atom is -0.481 e. The van der Waals surface area contributed by atoms with Gasteiger partial charge < -0.3 is 15.1 Å². The van der Waals surface area contributed by atoms with Crippen LogP contribution >= 0.6 is 0 Å². The molecule has 0 saturated heterocycles. The predicted molar refractivity (Wildman–Crippen MR) is 53.0 cm³/mol. The van der Waals surface area contributed by atoms with Crippen LogP contribution in [-0.2, 0) is 9.59 Å². The quantitative estimate of drug-likeness (QED) is 0.706. The normalized spacial score (nSPS) is 21.4. The minimum absolute atomic E-state index is 0.00853. The Kier molecular flexibility index (Phi) is 3.47. The van der Waals surface area contributed by atoms with Gasteiger partial charge in [-0.1, -0.05) is 0 Å². The Bertz CT molecular complexity index is 321. The van der Waals surface area contributed by atoms with Crippen molar-refractivity contribution in [2.45, 2.75) is 32.9 Å². The van der Waals surface area contributed by atoms with Gasteiger partial charge in [-0.05, 0) is 25.8 Å². The van der Waals surface area contributed by atoms with Crippen LogP contribution < -0.4 is 0 Å². The second-order valence-electron chi connectivity index (χ2n) is 3.68. The summed E-state index contributed by atoms with van der Waals surface area (Å²) in [4.78, 5) is 23.2. The highest BCUT2D eigenvalue weighted by molar-refractivity contribution is 5.96. The van der Waals surface area contributed by atoms with Crippen molar-refractivity contribution in [3.8, 4) is 0 Å². The standard InChI is InChI=1S/C10H15NO4/c1-6-7(2)10(15)11(9(6)14)5-3-4-8(12)13/h9,14H,3-5H2,1-2H3,(H,12,13). The van der Waals surface area contributed by atoms with E-state index in [1.165, 1.54) is 4.90 Å². The van der Waals surface area contributed by atoms with E-state index in [-0.39, 0.29) is 18.9 Å². The molecule has 0 fully saturated rings. The van der Waals surface area contributed by atoms with Gasteiger partial charge in [-0.25, -0.2) is 0 Å². The van der Waals surface area contributed by atoms with Crippen LogP contribution in [0.15, 0.2) is 11.1 Å². The summed E-state index contributed by atoms with van der Waals surface area (Å²) in [5.74, 6) is -1.09. The molecule has 0 spiro atoms. The van der Waals surface area contributed by atoms with Crippen LogP contribution in [0, 0.1) is 0 Å². The van der Waals surface area contributed by atoms with Crippen LogP contribution in [0.25, 0.3) is 0 Å². The van der Waals surface area contributed by atoms with Crippen molar-refractivity contribution >= 4 is 11.9 Å². The number of carboxylic acid groups (broad SMARTS) is 1. The highest BCUT2D eigenvalue weighted by atomic mass is 16.4. The number of amides is 1. The van der Waals surface area contributed by atoms with Gasteiger partial charge in [-0.2, -0.15) is 0 Å². The lowest BCUT2D eigenvalue weighted by Gasteiger charge is -2.21. The molecule has 1 heterocycles. The van der Waals surface area contributed by atoms with E-state index >= 15 is 0 Å². The van der Waals surface area contributed by atoms with Gasteiger partial charge in [-0.15, -0.1) is 0 Å². The van der Waals surface area contributed by atoms with Crippen LogP contribution in [0.4, 0.5) is 0 Å². The molecule has 1 aliphatic heterocycles. The molecule has 0 bridgehead atoms. The number of hydrogen-bond donors (Lipinski definition) is 2. The van der Waals surface area contributed by atoms with Crippen molar-refractivity contribution in [3.05, 3.63) is 11.1 Å². The Hall–Kier alpha value is -1.36. The van der Waals surface area contributed by atoms with Crippen molar-refractivity contribution in [1.29, 1.82) is 0 Å². The summed E-state index contributed by atoms with van der Waals surface area (Å²) in [6, 6.07) is 0. The lowest BCUT2D eigenvalue weighted by Crippen LogP contribution is -2.36. The number of aliphatic hydroxyl groups excluding tert-OH is 1. The third kappa shape index (κ3) is 2.36. The highest BCUT2D eigenvalue weighted by Gasteiger charge is 2.32. The zero-order valence-electron chi connectivity index (χ0n) is 8.86. The molecular weight excluding hydrogens is 198 g/mol. The molecule has 1 atom stereocenters. The number of aliphatic carboxylic acids is 1. The first-order valence-corrected chi connectivity index (χ1v) is 4.83. The summed E-state index contributed by atoms with van der Waals surface area (Å²) in [6.07, 6.45) is -0.515. The summed E-state index contributed by atoms with van der Waals surface area (Å²) < 4.78 is 0. The minimum atomic E-state index is -0.891. The molecule has 5 heteroatoms. The Morgan fingerprint density at radius 3 is 2.47 bits per heavy atom. The molecule has 1 rings (SSSR count). The average molecular weight is 213 g/mol. The van der Waals surface area contributed by atoms with E-state index in [4.69, 9.17) is 5.11 Å². The number of carbonyl (C=O) groups is 2. The van der Waals surface area contributed by atoms with E-state index in [1.807, 2.05) is 0 Å². The number of carbonyl (C=O) groups excluding carboxylic acids is 1. The average Bonchev–Trinajstić information content (AvgIpc) is 2.34. The molecule has 84 valence electrons. The van der Waals surface area contributed by atoms with Gasteiger partial charge in [0.25, 0.3) is 5.91 Å². The van der Waals surface area contributed by atoms with Gasteiger partial charge in [-0.3, -0.25) is 9.59 Å². The molecule has 0 aromatic rings. The molecule has 1 unspecified atom stereocenters. The lowest BCUT2D eigenvalue weighted by atomic mass is 10.2. The monoisotopic (exact) mass is 213 g/mol. The molecule has 0 saturated carbocycles. The molecule has 2 N–H and O–H groups in total. The molecule has 0 aromatic carbocycles. The molecule has 1 aliphatic rings. The van der Waals surface area contributed by atoms with E-state index in [1.54, 1.807) is 13.8 Å². The smallest absolute Gasteiger partial charge is 0.303 e. The van der Waals surface area contributed by atoms with Crippen LogP contribution in [0.5, 0.6) is 0 Å². The van der Waals surface area contributed by atoms with E-state index in [0.29, 0.717) is 17.6 Å². The summed E-state index contributed by atoms with van der Waals surface area (Å²) in [6.45, 7) is 3.65. The van der Waals surface area contributed by atoms with E-state index in [2.05, 4.69) is 0 Å². The first-order chi connectivity index (χ1) is 6.95. The maximum absolute atomic E-state index is 11.6. The Morgan fingerprint density at radius 2 is 2.07 bits per heavy atom. The fraction of sp³-hybridized carbons (Fsp3) is 0.600. The van der Waals surface area contributed by atoms with Gasteiger partial charge in [0.2, 0.25) is 0 Å². The highest BCUT2D eigenvalue weighted by Crippen LogP contribution is 2.23. The number of aliphatic hydroxyl groups is 1. The number of rotatable bonds is 4. The summed E-state index contributed by atoms with van der Waals surface area (Å²) in [7, 11) is 0. The Balaban J connectivity index is 2.52. The van der Waals surface area contributed by atoms with Gasteiger partial charge >= 0.3 is 5.97 Å². The van der Waals surface area contributed by atoms with Gasteiger partial charge in [0, 0.05) is 18.5 Å². The van der Waals surface area contributed by atoms with Gasteiger partial charge in [0.15, 0.2) is 6.23 Å². The first kappa shape index (κ1) is 11.7. The Labute approximate surface area is 88.0 Å². The molecule has 0 aromatic heterocycles. The number of nitrogens with zero attached hydrogens (tertiary/aromatic N) is 1. The topological polar surface area (TPSA) is 77.8 Å².